The van der Waals surface area contributed by atoms with Gasteiger partial charge in [0.05, 0.1) is 38.7 Å². The van der Waals surface area contributed by atoms with Crippen LogP contribution < -0.4 is 11.2 Å². The Hall–Kier alpha value is -2.87. The monoisotopic (exact) mass is 705 g/mol. The highest BCUT2D eigenvalue weighted by atomic mass is 35.5. The second-order valence-corrected chi connectivity index (χ2v) is 15.5. The topological polar surface area (TPSA) is 119 Å². The van der Waals surface area contributed by atoms with Crippen LogP contribution in [0.2, 0.25) is 10.0 Å². The fraction of sp³-hybridized carbons (Fsp3) is 0.516. The van der Waals surface area contributed by atoms with E-state index in [0.29, 0.717) is 36.6 Å². The quantitative estimate of drug-likeness (QED) is 0.264. The van der Waals surface area contributed by atoms with E-state index in [1.807, 2.05) is 4.90 Å². The third-order valence-corrected chi connectivity index (χ3v) is 10.3. The van der Waals surface area contributed by atoms with Gasteiger partial charge in [-0.1, -0.05) is 30.1 Å². The summed E-state index contributed by atoms with van der Waals surface area (Å²) >= 11 is 12.6. The van der Waals surface area contributed by atoms with Gasteiger partial charge in [0.2, 0.25) is 0 Å². The van der Waals surface area contributed by atoms with Gasteiger partial charge in [0.25, 0.3) is 5.56 Å². The van der Waals surface area contributed by atoms with E-state index < -0.39 is 55.4 Å². The summed E-state index contributed by atoms with van der Waals surface area (Å²) in [6, 6.07) is 4.57. The number of carbonyl (C=O) groups excluding carboxylic acids is 1. The van der Waals surface area contributed by atoms with Crippen LogP contribution in [0.3, 0.4) is 0 Å². The Morgan fingerprint density at radius 2 is 1.80 bits per heavy atom. The summed E-state index contributed by atoms with van der Waals surface area (Å²) in [6.07, 6.45) is -2.68. The number of rotatable bonds is 9. The Morgan fingerprint density at radius 3 is 2.43 bits per heavy atom. The van der Waals surface area contributed by atoms with Gasteiger partial charge in [-0.15, -0.1) is 0 Å². The number of esters is 1. The number of piperidine rings is 1. The summed E-state index contributed by atoms with van der Waals surface area (Å²) in [5.74, 6) is -0.552. The van der Waals surface area contributed by atoms with Crippen molar-refractivity contribution in [2.75, 3.05) is 18.8 Å². The Bertz CT molecular complexity index is 1870. The maximum Gasteiger partial charge on any atom is 0.416 e. The van der Waals surface area contributed by atoms with Crippen LogP contribution in [-0.2, 0) is 38.6 Å². The summed E-state index contributed by atoms with van der Waals surface area (Å²) in [5, 5.41) is -0.734. The summed E-state index contributed by atoms with van der Waals surface area (Å²) in [4.78, 5) is 43.0. The first-order valence-electron chi connectivity index (χ1n) is 14.8. The molecule has 1 N–H and O–H groups in total. The van der Waals surface area contributed by atoms with E-state index in [9.17, 15) is 36.0 Å². The van der Waals surface area contributed by atoms with Gasteiger partial charge in [0.15, 0.2) is 9.84 Å². The molecule has 252 valence electrons. The molecule has 0 saturated carbocycles. The highest BCUT2D eigenvalue weighted by molar-refractivity contribution is 7.91. The predicted molar refractivity (Wildman–Crippen MR) is 170 cm³/mol. The van der Waals surface area contributed by atoms with E-state index >= 15 is 0 Å². The number of likely N-dealkylation sites (tertiary alicyclic amines) is 1. The van der Waals surface area contributed by atoms with Crippen LogP contribution in [-0.4, -0.2) is 53.3 Å². The van der Waals surface area contributed by atoms with Gasteiger partial charge >= 0.3 is 17.8 Å². The number of alkyl halides is 3. The number of H-pyrrole nitrogens is 1. The van der Waals surface area contributed by atoms with Crippen molar-refractivity contribution in [1.82, 2.24) is 14.5 Å². The molecule has 1 saturated heterocycles. The molecule has 0 amide bonds. The van der Waals surface area contributed by atoms with Crippen molar-refractivity contribution in [2.24, 2.45) is 5.92 Å². The molecule has 0 spiro atoms. The molecular formula is C31H36Cl2F3N3O6S. The number of aromatic nitrogens is 2. The van der Waals surface area contributed by atoms with Gasteiger partial charge in [-0.05, 0) is 87.9 Å². The molecule has 1 atom stereocenters. The Balaban J connectivity index is 1.70. The van der Waals surface area contributed by atoms with E-state index in [0.717, 1.165) is 6.42 Å². The molecule has 2 heterocycles. The Labute approximate surface area is 274 Å². The molecule has 1 fully saturated rings. The summed E-state index contributed by atoms with van der Waals surface area (Å²) in [7, 11) is -3.79. The molecule has 15 heteroatoms. The van der Waals surface area contributed by atoms with E-state index in [4.69, 9.17) is 27.9 Å². The standard InChI is InChI=1S/C31H36Cl2F3N3O6S/c1-5-46(43,44)24-10-9-20(32)13-19(24)16-39-28(41)21-14-23(31(34,35)36)22(26(33)27(21)37-29(39)42)17-38-12-6-7-18(15-38)8-11-25(40)45-30(2,3)4/h9-10,13-14,18H,5-8,11-12,15-17H2,1-4H3,(H,37,42)/t18-/m0/s1. The van der Waals surface area contributed by atoms with Crippen molar-refractivity contribution in [2.45, 2.75) is 83.1 Å². The van der Waals surface area contributed by atoms with Gasteiger partial charge in [0.1, 0.15) is 5.60 Å². The van der Waals surface area contributed by atoms with E-state index in [1.54, 1.807) is 20.8 Å². The Kier molecular flexibility index (Phi) is 10.7. The van der Waals surface area contributed by atoms with Gasteiger partial charge in [-0.2, -0.15) is 13.2 Å². The number of aromatic amines is 1. The second-order valence-electron chi connectivity index (χ2n) is 12.5. The predicted octanol–water partition coefficient (Wildman–Crippen LogP) is 6.19. The zero-order valence-corrected chi connectivity index (χ0v) is 28.2. The van der Waals surface area contributed by atoms with Crippen molar-refractivity contribution in [3.63, 3.8) is 0 Å². The maximum atomic E-state index is 14.5. The minimum Gasteiger partial charge on any atom is -0.460 e. The molecule has 9 nitrogen and oxygen atoms in total. The molecule has 4 rings (SSSR count). The third-order valence-electron chi connectivity index (χ3n) is 7.85. The van der Waals surface area contributed by atoms with E-state index in [2.05, 4.69) is 4.98 Å². The number of hydrogen-bond acceptors (Lipinski definition) is 7. The first kappa shape index (κ1) is 36.0. The first-order chi connectivity index (χ1) is 21.3. The number of fused-ring (bicyclic) bond motifs is 1. The smallest absolute Gasteiger partial charge is 0.416 e. The fourth-order valence-electron chi connectivity index (χ4n) is 5.71. The van der Waals surface area contributed by atoms with Crippen LogP contribution in [0.15, 0.2) is 38.8 Å². The zero-order chi connectivity index (χ0) is 34.2. The normalized spacial score (nSPS) is 16.6. The van der Waals surface area contributed by atoms with Crippen LogP contribution in [0.5, 0.6) is 0 Å². The van der Waals surface area contributed by atoms with Crippen molar-refractivity contribution >= 4 is 49.9 Å². The molecule has 2 aromatic carbocycles. The molecule has 1 aromatic heterocycles. The van der Waals surface area contributed by atoms with Crippen LogP contribution >= 0.6 is 23.2 Å². The van der Waals surface area contributed by atoms with Gasteiger partial charge in [0, 0.05) is 24.5 Å². The molecule has 3 aromatic rings. The third kappa shape index (κ3) is 8.34. The molecule has 1 aliphatic rings. The molecule has 1 aliphatic heterocycles. The van der Waals surface area contributed by atoms with Crippen molar-refractivity contribution < 1.29 is 31.1 Å². The van der Waals surface area contributed by atoms with E-state index in [-0.39, 0.29) is 57.2 Å². The van der Waals surface area contributed by atoms with Crippen LogP contribution in [0.4, 0.5) is 13.2 Å². The largest absolute Gasteiger partial charge is 0.460 e. The highest BCUT2D eigenvalue weighted by Crippen LogP contribution is 2.39. The minimum absolute atomic E-state index is 0.0337. The first-order valence-corrected chi connectivity index (χ1v) is 17.2. The average Bonchev–Trinajstić information content (AvgIpc) is 2.94. The van der Waals surface area contributed by atoms with Gasteiger partial charge in [-0.3, -0.25) is 19.1 Å². The molecule has 0 bridgehead atoms. The number of nitrogens with one attached hydrogen (secondary N) is 1. The van der Waals surface area contributed by atoms with Gasteiger partial charge < -0.3 is 9.72 Å². The van der Waals surface area contributed by atoms with Crippen molar-refractivity contribution in [1.29, 1.82) is 0 Å². The molecular weight excluding hydrogens is 670 g/mol. The molecule has 0 aliphatic carbocycles. The van der Waals surface area contributed by atoms with Crippen LogP contribution in [0.25, 0.3) is 10.9 Å². The lowest BCUT2D eigenvalue weighted by molar-refractivity contribution is -0.155. The highest BCUT2D eigenvalue weighted by Gasteiger charge is 2.37. The second kappa shape index (κ2) is 13.7. The Morgan fingerprint density at radius 1 is 1.11 bits per heavy atom. The number of hydrogen-bond donors (Lipinski definition) is 1. The van der Waals surface area contributed by atoms with Crippen molar-refractivity contribution in [3.8, 4) is 0 Å². The minimum atomic E-state index is -4.89. The SMILES string of the molecule is CCS(=O)(=O)c1ccc(Cl)cc1Cn1c(=O)[nH]c2c(Cl)c(CN3CCC[C@@H](CCC(=O)OC(C)(C)C)C3)c(C(F)(F)F)cc2c1=O. The average molecular weight is 707 g/mol. The lowest BCUT2D eigenvalue weighted by atomic mass is 9.92. The summed E-state index contributed by atoms with van der Waals surface area (Å²) < 4.78 is 74.7. The molecule has 0 radical (unpaired) electrons. The fourth-order valence-corrected chi connectivity index (χ4v) is 7.33. The number of ether oxygens (including phenoxy) is 1. The number of halogens is 5. The molecule has 46 heavy (non-hydrogen) atoms. The van der Waals surface area contributed by atoms with Crippen LogP contribution in [0.1, 0.15) is 70.1 Å². The molecule has 0 unspecified atom stereocenters. The number of benzene rings is 2. The lowest BCUT2D eigenvalue weighted by Gasteiger charge is -2.33. The van der Waals surface area contributed by atoms with E-state index in [1.165, 1.54) is 25.1 Å². The number of sulfone groups is 1. The lowest BCUT2D eigenvalue weighted by Crippen LogP contribution is -2.37. The van der Waals surface area contributed by atoms with Crippen LogP contribution in [0, 0.1) is 5.92 Å². The number of carbonyl (C=O) groups is 1. The van der Waals surface area contributed by atoms with Gasteiger partial charge in [-0.25, -0.2) is 13.2 Å². The number of nitrogens with zero attached hydrogens (tertiary/aromatic N) is 2. The van der Waals surface area contributed by atoms with Crippen molar-refractivity contribution in [3.05, 3.63) is 71.8 Å². The summed E-state index contributed by atoms with van der Waals surface area (Å²) in [5.41, 5.74) is -4.28. The summed E-state index contributed by atoms with van der Waals surface area (Å²) in [6.45, 7) is 6.92. The maximum absolute atomic E-state index is 14.5. The zero-order valence-electron chi connectivity index (χ0n) is 25.9.